The molecular weight excluding hydrogens is 258 g/mol. The van der Waals surface area contributed by atoms with E-state index >= 15 is 0 Å². The lowest BCUT2D eigenvalue weighted by molar-refractivity contribution is 0.0697. The minimum atomic E-state index is -1.01. The molecular formula is C14H19N3O3. The van der Waals surface area contributed by atoms with Gasteiger partial charge in [0.05, 0.1) is 5.56 Å². The van der Waals surface area contributed by atoms with Gasteiger partial charge >= 0.3 is 12.0 Å². The number of urea groups is 1. The summed E-state index contributed by atoms with van der Waals surface area (Å²) in [6.07, 6.45) is 1.86. The molecule has 2 amide bonds. The van der Waals surface area contributed by atoms with Crippen LogP contribution in [0.2, 0.25) is 0 Å². The van der Waals surface area contributed by atoms with Crippen LogP contribution in [-0.2, 0) is 0 Å². The molecule has 0 atom stereocenters. The third-order valence-electron chi connectivity index (χ3n) is 3.54. The van der Waals surface area contributed by atoms with Crippen LogP contribution < -0.4 is 10.6 Å². The number of nitrogens with zero attached hydrogens (tertiary/aromatic N) is 1. The second-order valence-corrected chi connectivity index (χ2v) is 4.91. The number of carboxylic acids is 1. The van der Waals surface area contributed by atoms with Crippen molar-refractivity contribution in [3.8, 4) is 0 Å². The van der Waals surface area contributed by atoms with Crippen LogP contribution in [0, 0.1) is 0 Å². The van der Waals surface area contributed by atoms with Gasteiger partial charge in [-0.1, -0.05) is 6.07 Å². The minimum Gasteiger partial charge on any atom is -0.478 e. The fourth-order valence-electron chi connectivity index (χ4n) is 2.30. The highest BCUT2D eigenvalue weighted by atomic mass is 16.4. The molecule has 6 heteroatoms. The van der Waals surface area contributed by atoms with Gasteiger partial charge in [0.2, 0.25) is 0 Å². The molecule has 0 unspecified atom stereocenters. The highest BCUT2D eigenvalue weighted by Crippen LogP contribution is 2.14. The standard InChI is InChI=1S/C14H19N3O3/c1-17(12-5-7-15-8-6-12)14(20)16-11-4-2-3-10(9-11)13(18)19/h2-4,9,12,15H,5-8H2,1H3,(H,16,20)(H,18,19). The number of amides is 2. The third-order valence-corrected chi connectivity index (χ3v) is 3.54. The predicted octanol–water partition coefficient (Wildman–Crippen LogP) is 1.60. The lowest BCUT2D eigenvalue weighted by Crippen LogP contribution is -2.45. The van der Waals surface area contributed by atoms with Gasteiger partial charge < -0.3 is 20.6 Å². The zero-order valence-corrected chi connectivity index (χ0v) is 11.4. The quantitative estimate of drug-likeness (QED) is 0.784. The molecule has 20 heavy (non-hydrogen) atoms. The maximum Gasteiger partial charge on any atom is 0.335 e. The van der Waals surface area contributed by atoms with E-state index < -0.39 is 5.97 Å². The van der Waals surface area contributed by atoms with Crippen molar-refractivity contribution >= 4 is 17.7 Å². The molecule has 0 bridgehead atoms. The lowest BCUT2D eigenvalue weighted by atomic mass is 10.1. The Morgan fingerprint density at radius 1 is 1.35 bits per heavy atom. The molecule has 0 radical (unpaired) electrons. The predicted molar refractivity (Wildman–Crippen MR) is 76.1 cm³/mol. The number of hydrogen-bond acceptors (Lipinski definition) is 3. The summed E-state index contributed by atoms with van der Waals surface area (Å²) < 4.78 is 0. The van der Waals surface area contributed by atoms with Gasteiger partial charge in [-0.3, -0.25) is 0 Å². The van der Waals surface area contributed by atoms with Crippen LogP contribution >= 0.6 is 0 Å². The van der Waals surface area contributed by atoms with Gasteiger partial charge in [0.1, 0.15) is 0 Å². The Morgan fingerprint density at radius 3 is 2.70 bits per heavy atom. The normalized spacial score (nSPS) is 15.7. The average molecular weight is 277 g/mol. The van der Waals surface area contributed by atoms with Crippen LogP contribution in [0.4, 0.5) is 10.5 Å². The molecule has 1 saturated heterocycles. The first-order valence-electron chi connectivity index (χ1n) is 6.66. The number of benzene rings is 1. The van der Waals surface area contributed by atoms with E-state index in [2.05, 4.69) is 10.6 Å². The highest BCUT2D eigenvalue weighted by molar-refractivity contribution is 5.93. The maximum atomic E-state index is 12.1. The number of carbonyl (C=O) groups excluding carboxylic acids is 1. The van der Waals surface area contributed by atoms with Crippen LogP contribution in [0.1, 0.15) is 23.2 Å². The Bertz CT molecular complexity index is 498. The molecule has 1 fully saturated rings. The van der Waals surface area contributed by atoms with Crippen molar-refractivity contribution < 1.29 is 14.7 Å². The van der Waals surface area contributed by atoms with Gasteiger partial charge in [-0.25, -0.2) is 9.59 Å². The van der Waals surface area contributed by atoms with E-state index in [1.807, 2.05) is 0 Å². The van der Waals surface area contributed by atoms with Gasteiger partial charge in [0, 0.05) is 18.8 Å². The second-order valence-electron chi connectivity index (χ2n) is 4.91. The molecule has 0 aromatic heterocycles. The number of hydrogen-bond donors (Lipinski definition) is 3. The van der Waals surface area contributed by atoms with Crippen molar-refractivity contribution in [2.75, 3.05) is 25.5 Å². The van der Waals surface area contributed by atoms with Crippen molar-refractivity contribution in [2.24, 2.45) is 0 Å². The first-order valence-corrected chi connectivity index (χ1v) is 6.66. The van der Waals surface area contributed by atoms with E-state index in [0.717, 1.165) is 25.9 Å². The summed E-state index contributed by atoms with van der Waals surface area (Å²) in [6, 6.07) is 6.26. The van der Waals surface area contributed by atoms with Crippen LogP contribution in [0.5, 0.6) is 0 Å². The van der Waals surface area contributed by atoms with Crippen LogP contribution in [-0.4, -0.2) is 48.2 Å². The van der Waals surface area contributed by atoms with Crippen molar-refractivity contribution in [2.45, 2.75) is 18.9 Å². The fourth-order valence-corrected chi connectivity index (χ4v) is 2.30. The van der Waals surface area contributed by atoms with Crippen molar-refractivity contribution in [3.05, 3.63) is 29.8 Å². The zero-order valence-electron chi connectivity index (χ0n) is 11.4. The highest BCUT2D eigenvalue weighted by Gasteiger charge is 2.21. The molecule has 1 aromatic carbocycles. The number of carboxylic acid groups (broad SMARTS) is 1. The number of carbonyl (C=O) groups is 2. The van der Waals surface area contributed by atoms with Crippen LogP contribution in [0.25, 0.3) is 0 Å². The van der Waals surface area contributed by atoms with Crippen molar-refractivity contribution in [1.29, 1.82) is 0 Å². The van der Waals surface area contributed by atoms with Crippen molar-refractivity contribution in [3.63, 3.8) is 0 Å². The number of rotatable bonds is 3. The number of nitrogens with one attached hydrogen (secondary N) is 2. The average Bonchev–Trinajstić information content (AvgIpc) is 2.47. The number of aromatic carboxylic acids is 1. The Morgan fingerprint density at radius 2 is 2.05 bits per heavy atom. The van der Waals surface area contributed by atoms with Crippen molar-refractivity contribution in [1.82, 2.24) is 10.2 Å². The molecule has 1 aliphatic heterocycles. The van der Waals surface area contributed by atoms with Gasteiger partial charge in [0.25, 0.3) is 0 Å². The fraction of sp³-hybridized carbons (Fsp3) is 0.429. The summed E-state index contributed by atoms with van der Waals surface area (Å²) >= 11 is 0. The molecule has 108 valence electrons. The van der Waals surface area contributed by atoms with Gasteiger partial charge in [0.15, 0.2) is 0 Å². The van der Waals surface area contributed by atoms with E-state index in [1.54, 1.807) is 24.1 Å². The van der Waals surface area contributed by atoms with Crippen LogP contribution in [0.15, 0.2) is 24.3 Å². The zero-order chi connectivity index (χ0) is 14.5. The summed E-state index contributed by atoms with van der Waals surface area (Å²) in [5.41, 5.74) is 0.656. The third kappa shape index (κ3) is 3.48. The van der Waals surface area contributed by atoms with Gasteiger partial charge in [-0.15, -0.1) is 0 Å². The Balaban J connectivity index is 1.99. The lowest BCUT2D eigenvalue weighted by Gasteiger charge is -2.31. The molecule has 1 heterocycles. The number of piperidine rings is 1. The molecule has 0 aliphatic carbocycles. The molecule has 1 aromatic rings. The largest absolute Gasteiger partial charge is 0.478 e. The van der Waals surface area contributed by atoms with Crippen LogP contribution in [0.3, 0.4) is 0 Å². The van der Waals surface area contributed by atoms with Gasteiger partial charge in [-0.05, 0) is 44.1 Å². The van der Waals surface area contributed by atoms with E-state index in [4.69, 9.17) is 5.11 Å². The molecule has 2 rings (SSSR count). The smallest absolute Gasteiger partial charge is 0.335 e. The first-order chi connectivity index (χ1) is 9.58. The Labute approximate surface area is 117 Å². The van der Waals surface area contributed by atoms with E-state index in [0.29, 0.717) is 5.69 Å². The number of anilines is 1. The summed E-state index contributed by atoms with van der Waals surface area (Å²) in [5, 5.41) is 14.9. The minimum absolute atomic E-state index is 0.160. The Kier molecular flexibility index (Phi) is 4.57. The first kappa shape index (κ1) is 14.3. The van der Waals surface area contributed by atoms with Gasteiger partial charge in [-0.2, -0.15) is 0 Å². The topological polar surface area (TPSA) is 81.7 Å². The molecule has 3 N–H and O–H groups in total. The second kappa shape index (κ2) is 6.38. The molecule has 0 saturated carbocycles. The maximum absolute atomic E-state index is 12.1. The van der Waals surface area contributed by atoms with E-state index in [9.17, 15) is 9.59 Å². The molecule has 6 nitrogen and oxygen atoms in total. The summed E-state index contributed by atoms with van der Waals surface area (Å²) in [6.45, 7) is 1.83. The summed E-state index contributed by atoms with van der Waals surface area (Å²) in [7, 11) is 1.77. The monoisotopic (exact) mass is 277 g/mol. The van der Waals surface area contributed by atoms with E-state index in [-0.39, 0.29) is 17.6 Å². The molecule has 1 aliphatic rings. The summed E-state index contributed by atoms with van der Waals surface area (Å²) in [4.78, 5) is 24.7. The van der Waals surface area contributed by atoms with E-state index in [1.165, 1.54) is 12.1 Å². The molecule has 0 spiro atoms. The Hall–Kier alpha value is -2.08. The summed E-state index contributed by atoms with van der Waals surface area (Å²) in [5.74, 6) is -1.01. The SMILES string of the molecule is CN(C(=O)Nc1cccc(C(=O)O)c1)C1CCNCC1.